The third-order valence-electron chi connectivity index (χ3n) is 3.98. The van der Waals surface area contributed by atoms with Crippen molar-refractivity contribution in [1.29, 1.82) is 0 Å². The molecule has 116 valence electrons. The average Bonchev–Trinajstić information content (AvgIpc) is 2.90. The Balaban J connectivity index is 1.78. The fourth-order valence-electron chi connectivity index (χ4n) is 2.78. The summed E-state index contributed by atoms with van der Waals surface area (Å²) in [6, 6.07) is 6.46. The van der Waals surface area contributed by atoms with Gasteiger partial charge in [-0.1, -0.05) is 11.6 Å². The van der Waals surface area contributed by atoms with Gasteiger partial charge in [0.2, 0.25) is 0 Å². The van der Waals surface area contributed by atoms with Gasteiger partial charge in [0.25, 0.3) is 5.91 Å². The van der Waals surface area contributed by atoms with Gasteiger partial charge >= 0.3 is 5.63 Å². The predicted octanol–water partition coefficient (Wildman–Crippen LogP) is 2.13. The fraction of sp³-hybridized carbons (Fsp3) is 0.375. The lowest BCUT2D eigenvalue weighted by Crippen LogP contribution is -2.33. The molecule has 1 N–H and O–H groups in total. The topological polar surface area (TPSA) is 62.6 Å². The molecule has 2 heterocycles. The predicted molar refractivity (Wildman–Crippen MR) is 85.4 cm³/mol. The molecule has 0 radical (unpaired) electrons. The molecular weight excluding hydrogens is 304 g/mol. The van der Waals surface area contributed by atoms with Gasteiger partial charge < -0.3 is 14.6 Å². The number of halogens is 1. The summed E-state index contributed by atoms with van der Waals surface area (Å²) >= 11 is 5.93. The molecule has 1 aromatic carbocycles. The van der Waals surface area contributed by atoms with Gasteiger partial charge in [0, 0.05) is 23.5 Å². The number of carbonyl (C=O) groups excluding carboxylic acids is 1. The van der Waals surface area contributed by atoms with Crippen molar-refractivity contribution in [3.63, 3.8) is 0 Å². The van der Waals surface area contributed by atoms with Gasteiger partial charge in [-0.05, 0) is 50.2 Å². The van der Waals surface area contributed by atoms with E-state index in [1.165, 1.54) is 6.07 Å². The van der Waals surface area contributed by atoms with Crippen molar-refractivity contribution < 1.29 is 9.21 Å². The molecule has 0 bridgehead atoms. The first-order valence-corrected chi connectivity index (χ1v) is 7.61. The molecule has 1 saturated heterocycles. The lowest BCUT2D eigenvalue weighted by Gasteiger charge is -2.11. The van der Waals surface area contributed by atoms with Gasteiger partial charge in [0.15, 0.2) is 0 Å². The number of rotatable bonds is 3. The molecule has 1 aliphatic rings. The van der Waals surface area contributed by atoms with Gasteiger partial charge in [0.1, 0.15) is 11.1 Å². The lowest BCUT2D eigenvalue weighted by molar-refractivity contribution is 0.0944. The Morgan fingerprint density at radius 2 is 2.27 bits per heavy atom. The van der Waals surface area contributed by atoms with Crippen LogP contribution in [0.4, 0.5) is 0 Å². The maximum Gasteiger partial charge on any atom is 0.349 e. The number of nitrogens with one attached hydrogen (secondary N) is 1. The Morgan fingerprint density at radius 3 is 3.00 bits per heavy atom. The van der Waals surface area contributed by atoms with E-state index in [2.05, 4.69) is 17.3 Å². The van der Waals surface area contributed by atoms with Crippen LogP contribution in [0.2, 0.25) is 5.02 Å². The summed E-state index contributed by atoms with van der Waals surface area (Å²) in [7, 11) is 2.06. The number of benzene rings is 1. The fourth-order valence-corrected chi connectivity index (χ4v) is 2.96. The number of likely N-dealkylation sites (tertiary alicyclic amines) is 1. The number of fused-ring (bicyclic) bond motifs is 1. The Labute approximate surface area is 132 Å². The zero-order chi connectivity index (χ0) is 15.7. The summed E-state index contributed by atoms with van der Waals surface area (Å²) < 4.78 is 5.17. The van der Waals surface area contributed by atoms with Crippen molar-refractivity contribution >= 4 is 28.5 Å². The third-order valence-corrected chi connectivity index (χ3v) is 4.21. The molecule has 2 aromatic rings. The highest BCUT2D eigenvalue weighted by atomic mass is 35.5. The second-order valence-electron chi connectivity index (χ2n) is 5.76. The van der Waals surface area contributed by atoms with Crippen LogP contribution in [-0.4, -0.2) is 37.5 Å². The van der Waals surface area contributed by atoms with E-state index in [-0.39, 0.29) is 5.56 Å². The van der Waals surface area contributed by atoms with Crippen LogP contribution in [0.1, 0.15) is 16.8 Å². The molecule has 3 rings (SSSR count). The van der Waals surface area contributed by atoms with Crippen LogP contribution < -0.4 is 10.9 Å². The highest BCUT2D eigenvalue weighted by Crippen LogP contribution is 2.19. The quantitative estimate of drug-likeness (QED) is 0.880. The van der Waals surface area contributed by atoms with Gasteiger partial charge in [0.05, 0.1) is 0 Å². The maximum atomic E-state index is 12.2. The normalized spacial score (nSPS) is 18.7. The summed E-state index contributed by atoms with van der Waals surface area (Å²) in [5.74, 6) is 0.0288. The molecule has 1 amide bonds. The number of amides is 1. The van der Waals surface area contributed by atoms with Crippen molar-refractivity contribution in [2.75, 3.05) is 26.7 Å². The molecule has 6 heteroatoms. The van der Waals surface area contributed by atoms with E-state index >= 15 is 0 Å². The maximum absolute atomic E-state index is 12.2. The third kappa shape index (κ3) is 3.15. The van der Waals surface area contributed by atoms with Crippen molar-refractivity contribution in [3.05, 3.63) is 45.3 Å². The van der Waals surface area contributed by atoms with Crippen molar-refractivity contribution in [1.82, 2.24) is 10.2 Å². The molecule has 0 aliphatic carbocycles. The minimum atomic E-state index is -0.629. The van der Waals surface area contributed by atoms with E-state index in [0.717, 1.165) is 19.5 Å². The van der Waals surface area contributed by atoms with E-state index < -0.39 is 11.5 Å². The molecule has 0 saturated carbocycles. The molecule has 0 unspecified atom stereocenters. The monoisotopic (exact) mass is 320 g/mol. The second-order valence-corrected chi connectivity index (χ2v) is 6.19. The zero-order valence-electron chi connectivity index (χ0n) is 12.3. The molecular formula is C16H17ClN2O3. The van der Waals surface area contributed by atoms with Crippen molar-refractivity contribution in [3.8, 4) is 0 Å². The Kier molecular flexibility index (Phi) is 4.18. The van der Waals surface area contributed by atoms with Crippen LogP contribution in [-0.2, 0) is 0 Å². The molecule has 22 heavy (non-hydrogen) atoms. The van der Waals surface area contributed by atoms with Crippen LogP contribution in [0.3, 0.4) is 0 Å². The Hall–Kier alpha value is -1.85. The molecule has 1 aromatic heterocycles. The first kappa shape index (κ1) is 15.1. The highest BCUT2D eigenvalue weighted by Gasteiger charge is 2.21. The molecule has 1 atom stereocenters. The Morgan fingerprint density at radius 1 is 1.45 bits per heavy atom. The van der Waals surface area contributed by atoms with E-state index in [1.807, 2.05) is 0 Å². The Bertz CT molecular complexity index is 772. The summed E-state index contributed by atoms with van der Waals surface area (Å²) in [6.07, 6.45) is 1.05. The standard InChI is InChI=1S/C16H17ClN2O3/c1-19-5-4-10(9-19)8-18-15(20)13-7-11-6-12(17)2-3-14(11)22-16(13)21/h2-3,6-7,10H,4-5,8-9H2,1H3,(H,18,20)/t10-/m1/s1. The number of hydrogen-bond acceptors (Lipinski definition) is 4. The van der Waals surface area contributed by atoms with Gasteiger partial charge in [-0.3, -0.25) is 4.79 Å². The minimum absolute atomic E-state index is 0.0149. The van der Waals surface area contributed by atoms with Crippen LogP contribution in [0.5, 0.6) is 0 Å². The van der Waals surface area contributed by atoms with Crippen LogP contribution in [0.25, 0.3) is 11.0 Å². The van der Waals surface area contributed by atoms with Crippen LogP contribution >= 0.6 is 11.6 Å². The number of nitrogens with zero attached hydrogens (tertiary/aromatic N) is 1. The first-order valence-electron chi connectivity index (χ1n) is 7.23. The van der Waals surface area contributed by atoms with E-state index in [4.69, 9.17) is 16.0 Å². The van der Waals surface area contributed by atoms with Gasteiger partial charge in [-0.2, -0.15) is 0 Å². The van der Waals surface area contributed by atoms with E-state index in [1.54, 1.807) is 18.2 Å². The highest BCUT2D eigenvalue weighted by molar-refractivity contribution is 6.31. The molecule has 5 nitrogen and oxygen atoms in total. The van der Waals surface area contributed by atoms with Gasteiger partial charge in [-0.25, -0.2) is 4.79 Å². The van der Waals surface area contributed by atoms with E-state index in [0.29, 0.717) is 28.5 Å². The zero-order valence-corrected chi connectivity index (χ0v) is 13.0. The lowest BCUT2D eigenvalue weighted by atomic mass is 10.1. The van der Waals surface area contributed by atoms with Gasteiger partial charge in [-0.15, -0.1) is 0 Å². The summed E-state index contributed by atoms with van der Waals surface area (Å²) in [5.41, 5.74) is -0.194. The van der Waals surface area contributed by atoms with Crippen molar-refractivity contribution in [2.45, 2.75) is 6.42 Å². The summed E-state index contributed by atoms with van der Waals surface area (Å²) in [5, 5.41) is 3.99. The summed E-state index contributed by atoms with van der Waals surface area (Å²) in [4.78, 5) is 26.4. The first-order chi connectivity index (χ1) is 10.5. The molecule has 0 spiro atoms. The molecule has 1 fully saturated rings. The SMILES string of the molecule is CN1CC[C@H](CNC(=O)c2cc3cc(Cl)ccc3oc2=O)C1. The van der Waals surface area contributed by atoms with Crippen LogP contribution in [0, 0.1) is 5.92 Å². The minimum Gasteiger partial charge on any atom is -0.422 e. The van der Waals surface area contributed by atoms with E-state index in [9.17, 15) is 9.59 Å². The number of carbonyl (C=O) groups is 1. The summed E-state index contributed by atoms with van der Waals surface area (Å²) in [6.45, 7) is 2.57. The van der Waals surface area contributed by atoms with Crippen LogP contribution in [0.15, 0.2) is 33.5 Å². The van der Waals surface area contributed by atoms with Crippen molar-refractivity contribution in [2.24, 2.45) is 5.92 Å². The average molecular weight is 321 g/mol. The largest absolute Gasteiger partial charge is 0.422 e. The second kappa shape index (κ2) is 6.10. The molecule has 1 aliphatic heterocycles. The number of hydrogen-bond donors (Lipinski definition) is 1. The smallest absolute Gasteiger partial charge is 0.349 e.